The van der Waals surface area contributed by atoms with Gasteiger partial charge in [-0.1, -0.05) is 12.8 Å². The summed E-state index contributed by atoms with van der Waals surface area (Å²) < 4.78 is 0. The molecule has 3 fully saturated rings. The minimum Gasteiger partial charge on any atom is -0.355 e. The first-order valence-corrected chi connectivity index (χ1v) is 8.59. The van der Waals surface area contributed by atoms with Crippen LogP contribution in [0.2, 0.25) is 0 Å². The van der Waals surface area contributed by atoms with E-state index in [2.05, 4.69) is 15.5 Å². The number of carbonyl (C=O) groups excluding carboxylic acids is 1. The number of likely N-dealkylation sites (tertiary alicyclic amines) is 1. The molecule has 2 aliphatic heterocycles. The second-order valence-corrected chi connectivity index (χ2v) is 6.75. The third-order valence-electron chi connectivity index (χ3n) is 5.16. The van der Waals surface area contributed by atoms with E-state index in [1.165, 1.54) is 38.5 Å². The van der Waals surface area contributed by atoms with Crippen LogP contribution in [0.15, 0.2) is 0 Å². The lowest BCUT2D eigenvalue weighted by Gasteiger charge is -2.35. The highest BCUT2D eigenvalue weighted by atomic mass is 16.2. The zero-order valence-corrected chi connectivity index (χ0v) is 12.6. The molecule has 1 aliphatic carbocycles. The Morgan fingerprint density at radius 3 is 2.70 bits per heavy atom. The van der Waals surface area contributed by atoms with Gasteiger partial charge in [-0.05, 0) is 64.1 Å². The van der Waals surface area contributed by atoms with E-state index in [1.807, 2.05) is 0 Å². The van der Waals surface area contributed by atoms with E-state index in [9.17, 15) is 4.79 Å². The van der Waals surface area contributed by atoms with Crippen molar-refractivity contribution < 1.29 is 4.79 Å². The van der Waals surface area contributed by atoms with Crippen LogP contribution in [-0.2, 0) is 4.79 Å². The van der Waals surface area contributed by atoms with Crippen molar-refractivity contribution in [2.24, 2.45) is 5.92 Å². The molecule has 2 saturated heterocycles. The molecular formula is C16H29N3O. The fraction of sp³-hybridized carbons (Fsp3) is 0.938. The number of hydrogen-bond acceptors (Lipinski definition) is 3. The van der Waals surface area contributed by atoms with Gasteiger partial charge in [0, 0.05) is 12.6 Å². The smallest absolute Gasteiger partial charge is 0.237 e. The lowest BCUT2D eigenvalue weighted by molar-refractivity contribution is -0.126. The van der Waals surface area contributed by atoms with Crippen LogP contribution in [0.25, 0.3) is 0 Å². The van der Waals surface area contributed by atoms with Gasteiger partial charge in [-0.25, -0.2) is 0 Å². The van der Waals surface area contributed by atoms with Gasteiger partial charge in [0.05, 0.1) is 6.04 Å². The van der Waals surface area contributed by atoms with Crippen molar-refractivity contribution in [3.63, 3.8) is 0 Å². The van der Waals surface area contributed by atoms with Gasteiger partial charge in [-0.15, -0.1) is 0 Å². The summed E-state index contributed by atoms with van der Waals surface area (Å²) in [5.41, 5.74) is 0. The van der Waals surface area contributed by atoms with Gasteiger partial charge >= 0.3 is 0 Å². The molecule has 0 aromatic carbocycles. The van der Waals surface area contributed by atoms with E-state index in [1.54, 1.807) is 0 Å². The van der Waals surface area contributed by atoms with Crippen molar-refractivity contribution in [2.45, 2.75) is 63.5 Å². The van der Waals surface area contributed by atoms with Crippen molar-refractivity contribution in [3.8, 4) is 0 Å². The fourth-order valence-corrected chi connectivity index (χ4v) is 3.77. The highest BCUT2D eigenvalue weighted by molar-refractivity contribution is 5.82. The van der Waals surface area contributed by atoms with E-state index in [0.29, 0.717) is 6.04 Å². The number of amides is 1. The molecule has 3 aliphatic rings. The third kappa shape index (κ3) is 3.73. The van der Waals surface area contributed by atoms with Gasteiger partial charge in [0.15, 0.2) is 0 Å². The van der Waals surface area contributed by atoms with E-state index in [0.717, 1.165) is 44.9 Å². The van der Waals surface area contributed by atoms with Crippen molar-refractivity contribution in [1.29, 1.82) is 0 Å². The molecule has 0 radical (unpaired) electrons. The van der Waals surface area contributed by atoms with Gasteiger partial charge in [0.2, 0.25) is 5.91 Å². The quantitative estimate of drug-likeness (QED) is 0.724. The van der Waals surface area contributed by atoms with E-state index in [-0.39, 0.29) is 11.9 Å². The Labute approximate surface area is 122 Å². The summed E-state index contributed by atoms with van der Waals surface area (Å²) in [7, 11) is 0. The highest BCUT2D eigenvalue weighted by Gasteiger charge is 2.35. The molecule has 4 nitrogen and oxygen atoms in total. The van der Waals surface area contributed by atoms with Crippen LogP contribution in [0.4, 0.5) is 0 Å². The molecule has 1 atom stereocenters. The molecular weight excluding hydrogens is 250 g/mol. The van der Waals surface area contributed by atoms with E-state index >= 15 is 0 Å². The summed E-state index contributed by atoms with van der Waals surface area (Å²) in [4.78, 5) is 14.9. The van der Waals surface area contributed by atoms with Crippen LogP contribution in [-0.4, -0.2) is 49.1 Å². The Hall–Kier alpha value is -0.610. The van der Waals surface area contributed by atoms with Gasteiger partial charge in [-0.2, -0.15) is 0 Å². The summed E-state index contributed by atoms with van der Waals surface area (Å²) in [6.45, 7) is 4.21. The molecule has 0 spiro atoms. The minimum atomic E-state index is 0.152. The van der Waals surface area contributed by atoms with Crippen LogP contribution < -0.4 is 10.6 Å². The number of hydrogen-bond donors (Lipinski definition) is 2. The van der Waals surface area contributed by atoms with Crippen LogP contribution in [0, 0.1) is 5.92 Å². The standard InChI is InChI=1S/C16H29N3O/c20-16(18-9-1-3-13-5-6-13)15-4-2-12-19(15)14-7-10-17-11-8-14/h13-15,17H,1-12H2,(H,18,20). The van der Waals surface area contributed by atoms with Crippen LogP contribution >= 0.6 is 0 Å². The summed E-state index contributed by atoms with van der Waals surface area (Å²) in [5.74, 6) is 1.27. The molecule has 1 amide bonds. The highest BCUT2D eigenvalue weighted by Crippen LogP contribution is 2.33. The second-order valence-electron chi connectivity index (χ2n) is 6.75. The zero-order valence-electron chi connectivity index (χ0n) is 12.6. The SMILES string of the molecule is O=C(NCCCC1CC1)C1CCCN1C1CCNCC1. The van der Waals surface area contributed by atoms with Gasteiger partial charge in [-0.3, -0.25) is 9.69 Å². The number of carbonyl (C=O) groups is 1. The Balaban J connectivity index is 1.42. The maximum Gasteiger partial charge on any atom is 0.237 e. The Morgan fingerprint density at radius 2 is 1.95 bits per heavy atom. The minimum absolute atomic E-state index is 0.152. The van der Waals surface area contributed by atoms with Gasteiger partial charge < -0.3 is 10.6 Å². The first-order valence-electron chi connectivity index (χ1n) is 8.59. The molecule has 1 saturated carbocycles. The Bertz CT molecular complexity index is 324. The van der Waals surface area contributed by atoms with Crippen molar-refractivity contribution in [3.05, 3.63) is 0 Å². The average molecular weight is 279 g/mol. The van der Waals surface area contributed by atoms with Crippen LogP contribution in [0.5, 0.6) is 0 Å². The largest absolute Gasteiger partial charge is 0.355 e. The summed E-state index contributed by atoms with van der Waals surface area (Å²) in [6.07, 6.45) is 9.94. The third-order valence-corrected chi connectivity index (χ3v) is 5.16. The molecule has 0 bridgehead atoms. The monoisotopic (exact) mass is 279 g/mol. The lowest BCUT2D eigenvalue weighted by atomic mass is 10.0. The number of nitrogens with one attached hydrogen (secondary N) is 2. The van der Waals surface area contributed by atoms with Crippen molar-refractivity contribution in [2.75, 3.05) is 26.2 Å². The average Bonchev–Trinajstić information content (AvgIpc) is 3.18. The normalized spacial score (nSPS) is 28.7. The molecule has 1 unspecified atom stereocenters. The van der Waals surface area contributed by atoms with Gasteiger partial charge in [0.1, 0.15) is 0 Å². The number of rotatable bonds is 6. The molecule has 0 aromatic rings. The van der Waals surface area contributed by atoms with Gasteiger partial charge in [0.25, 0.3) is 0 Å². The zero-order chi connectivity index (χ0) is 13.8. The lowest BCUT2D eigenvalue weighted by Crippen LogP contribution is -2.50. The Morgan fingerprint density at radius 1 is 1.15 bits per heavy atom. The van der Waals surface area contributed by atoms with Crippen molar-refractivity contribution >= 4 is 5.91 Å². The predicted molar refractivity (Wildman–Crippen MR) is 80.6 cm³/mol. The van der Waals surface area contributed by atoms with Crippen LogP contribution in [0.1, 0.15) is 51.4 Å². The topological polar surface area (TPSA) is 44.4 Å². The maximum absolute atomic E-state index is 12.4. The first kappa shape index (κ1) is 14.3. The molecule has 20 heavy (non-hydrogen) atoms. The molecule has 4 heteroatoms. The summed E-state index contributed by atoms with van der Waals surface area (Å²) in [6, 6.07) is 0.778. The molecule has 2 heterocycles. The fourth-order valence-electron chi connectivity index (χ4n) is 3.77. The summed E-state index contributed by atoms with van der Waals surface area (Å²) in [5, 5.41) is 6.59. The first-order chi connectivity index (χ1) is 9.84. The van der Waals surface area contributed by atoms with Crippen LogP contribution in [0.3, 0.4) is 0 Å². The molecule has 0 aromatic heterocycles. The number of piperidine rings is 1. The maximum atomic E-state index is 12.4. The molecule has 2 N–H and O–H groups in total. The van der Waals surface area contributed by atoms with Crippen molar-refractivity contribution in [1.82, 2.24) is 15.5 Å². The predicted octanol–water partition coefficient (Wildman–Crippen LogP) is 1.51. The Kier molecular flexibility index (Phi) is 4.94. The molecule has 114 valence electrons. The number of nitrogens with zero attached hydrogens (tertiary/aromatic N) is 1. The van der Waals surface area contributed by atoms with E-state index in [4.69, 9.17) is 0 Å². The van der Waals surface area contributed by atoms with E-state index < -0.39 is 0 Å². The summed E-state index contributed by atoms with van der Waals surface area (Å²) >= 11 is 0. The molecule has 3 rings (SSSR count). The second kappa shape index (κ2) is 6.90.